The molecule has 2 heterocycles. The van der Waals surface area contributed by atoms with E-state index < -0.39 is 0 Å². The number of allylic oxidation sites excluding steroid dienone is 1. The molecule has 0 fully saturated rings. The Morgan fingerprint density at radius 3 is 2.88 bits per heavy atom. The zero-order chi connectivity index (χ0) is 11.3. The minimum absolute atomic E-state index is 0.0129. The van der Waals surface area contributed by atoms with Gasteiger partial charge in [-0.05, 0) is 11.6 Å². The smallest absolute Gasteiger partial charge is 0.0939 e. The van der Waals surface area contributed by atoms with Gasteiger partial charge in [0.05, 0.1) is 11.2 Å². The molecule has 0 unspecified atom stereocenters. The van der Waals surface area contributed by atoms with Crippen molar-refractivity contribution < 1.29 is 0 Å². The molecule has 1 aromatic heterocycles. The first-order chi connectivity index (χ1) is 7.60. The highest BCUT2D eigenvalue weighted by Crippen LogP contribution is 2.44. The summed E-state index contributed by atoms with van der Waals surface area (Å²) in [5.74, 6) is 0. The number of aromatic nitrogens is 1. The fourth-order valence-electron chi connectivity index (χ4n) is 2.26. The Labute approximate surface area is 95.0 Å². The number of pyridine rings is 1. The van der Waals surface area contributed by atoms with Crippen LogP contribution < -0.4 is 5.32 Å². The second-order valence-corrected chi connectivity index (χ2v) is 4.79. The minimum atomic E-state index is -0.0129. The molecule has 0 saturated heterocycles. The molecule has 1 aliphatic heterocycles. The lowest BCUT2D eigenvalue weighted by Gasteiger charge is -2.18. The fraction of sp³-hybridized carbons (Fsp3) is 0.214. The summed E-state index contributed by atoms with van der Waals surface area (Å²) in [6, 6.07) is 8.34. The molecule has 0 atom stereocenters. The van der Waals surface area contributed by atoms with Crippen LogP contribution in [0.15, 0.2) is 42.7 Å². The number of fused-ring (bicyclic) bond motifs is 3. The second-order valence-electron chi connectivity index (χ2n) is 4.79. The molecule has 0 amide bonds. The molecular weight excluding hydrogens is 196 g/mol. The highest BCUT2D eigenvalue weighted by molar-refractivity contribution is 5.95. The zero-order valence-corrected chi connectivity index (χ0v) is 9.54. The maximum Gasteiger partial charge on any atom is 0.0939 e. The van der Waals surface area contributed by atoms with E-state index in [9.17, 15) is 0 Å². The van der Waals surface area contributed by atoms with E-state index >= 15 is 0 Å². The second kappa shape index (κ2) is 2.85. The number of benzene rings is 1. The number of nitrogens with zero attached hydrogens (tertiary/aromatic N) is 1. The van der Waals surface area contributed by atoms with Crippen molar-refractivity contribution in [3.05, 3.63) is 48.3 Å². The number of hydrogen-bond donors (Lipinski definition) is 1. The van der Waals surface area contributed by atoms with Gasteiger partial charge in [0.1, 0.15) is 0 Å². The van der Waals surface area contributed by atoms with E-state index in [1.165, 1.54) is 10.9 Å². The van der Waals surface area contributed by atoms with Crippen LogP contribution in [0.3, 0.4) is 0 Å². The SMILES string of the molecule is C=C1Nc2c(ccc3cccnc23)C1(C)C. The summed E-state index contributed by atoms with van der Waals surface area (Å²) < 4.78 is 0. The lowest BCUT2D eigenvalue weighted by atomic mass is 9.84. The van der Waals surface area contributed by atoms with Gasteiger partial charge in [-0.1, -0.05) is 38.6 Å². The Hall–Kier alpha value is -1.83. The van der Waals surface area contributed by atoms with Gasteiger partial charge in [-0.15, -0.1) is 0 Å². The molecular formula is C14H14N2. The number of rotatable bonds is 0. The number of hydrogen-bond acceptors (Lipinski definition) is 2. The van der Waals surface area contributed by atoms with Crippen LogP contribution in [0.2, 0.25) is 0 Å². The van der Waals surface area contributed by atoms with Gasteiger partial charge >= 0.3 is 0 Å². The Morgan fingerprint density at radius 2 is 2.06 bits per heavy atom. The summed E-state index contributed by atoms with van der Waals surface area (Å²) in [6.07, 6.45) is 1.83. The molecule has 3 rings (SSSR count). The summed E-state index contributed by atoms with van der Waals surface area (Å²) in [6.45, 7) is 8.46. The summed E-state index contributed by atoms with van der Waals surface area (Å²) >= 11 is 0. The fourth-order valence-corrected chi connectivity index (χ4v) is 2.26. The molecule has 2 aromatic rings. The van der Waals surface area contributed by atoms with Crippen LogP contribution in [0.4, 0.5) is 5.69 Å². The third kappa shape index (κ3) is 1.04. The molecule has 1 N–H and O–H groups in total. The van der Waals surface area contributed by atoms with E-state index in [2.05, 4.69) is 48.9 Å². The first-order valence-electron chi connectivity index (χ1n) is 5.45. The largest absolute Gasteiger partial charge is 0.357 e. The first kappa shape index (κ1) is 9.40. The van der Waals surface area contributed by atoms with E-state index in [-0.39, 0.29) is 5.41 Å². The van der Waals surface area contributed by atoms with Crippen molar-refractivity contribution in [3.63, 3.8) is 0 Å². The molecule has 2 nitrogen and oxygen atoms in total. The van der Waals surface area contributed by atoms with E-state index in [1.807, 2.05) is 12.3 Å². The van der Waals surface area contributed by atoms with Gasteiger partial charge in [-0.25, -0.2) is 0 Å². The highest BCUT2D eigenvalue weighted by Gasteiger charge is 2.34. The normalized spacial score (nSPS) is 17.2. The van der Waals surface area contributed by atoms with Crippen molar-refractivity contribution in [1.29, 1.82) is 0 Å². The average Bonchev–Trinajstić information content (AvgIpc) is 2.51. The van der Waals surface area contributed by atoms with Crippen LogP contribution in [0.1, 0.15) is 19.4 Å². The summed E-state index contributed by atoms with van der Waals surface area (Å²) in [4.78, 5) is 4.45. The van der Waals surface area contributed by atoms with Gasteiger partial charge < -0.3 is 5.32 Å². The molecule has 1 aromatic carbocycles. The van der Waals surface area contributed by atoms with Crippen LogP contribution in [-0.4, -0.2) is 4.98 Å². The third-order valence-corrected chi connectivity index (χ3v) is 3.48. The van der Waals surface area contributed by atoms with Gasteiger partial charge in [0.25, 0.3) is 0 Å². The van der Waals surface area contributed by atoms with Crippen molar-refractivity contribution in [2.24, 2.45) is 0 Å². The quantitative estimate of drug-likeness (QED) is 0.720. The highest BCUT2D eigenvalue weighted by atomic mass is 15.0. The molecule has 80 valence electrons. The van der Waals surface area contributed by atoms with Gasteiger partial charge in [0.2, 0.25) is 0 Å². The Bertz CT molecular complexity index is 597. The van der Waals surface area contributed by atoms with E-state index in [0.717, 1.165) is 16.9 Å². The topological polar surface area (TPSA) is 24.9 Å². The molecule has 0 spiro atoms. The maximum absolute atomic E-state index is 4.45. The first-order valence-corrected chi connectivity index (χ1v) is 5.45. The Kier molecular flexibility index (Phi) is 1.67. The van der Waals surface area contributed by atoms with E-state index in [0.29, 0.717) is 0 Å². The van der Waals surface area contributed by atoms with Crippen LogP contribution in [0, 0.1) is 0 Å². The van der Waals surface area contributed by atoms with Crippen molar-refractivity contribution in [2.75, 3.05) is 5.32 Å². The zero-order valence-electron chi connectivity index (χ0n) is 9.54. The summed E-state index contributed by atoms with van der Waals surface area (Å²) in [5.41, 5.74) is 4.46. The molecule has 16 heavy (non-hydrogen) atoms. The molecule has 0 aliphatic carbocycles. The van der Waals surface area contributed by atoms with Gasteiger partial charge in [-0.3, -0.25) is 4.98 Å². The molecule has 1 aliphatic rings. The van der Waals surface area contributed by atoms with Crippen molar-refractivity contribution >= 4 is 16.6 Å². The maximum atomic E-state index is 4.45. The lowest BCUT2D eigenvalue weighted by molar-refractivity contribution is 0.657. The lowest BCUT2D eigenvalue weighted by Crippen LogP contribution is -2.15. The monoisotopic (exact) mass is 210 g/mol. The summed E-state index contributed by atoms with van der Waals surface area (Å²) in [5, 5.41) is 4.54. The molecule has 2 heteroatoms. The van der Waals surface area contributed by atoms with E-state index in [1.54, 1.807) is 0 Å². The van der Waals surface area contributed by atoms with Gasteiger partial charge in [0.15, 0.2) is 0 Å². The number of anilines is 1. The van der Waals surface area contributed by atoms with Crippen molar-refractivity contribution in [2.45, 2.75) is 19.3 Å². The summed E-state index contributed by atoms with van der Waals surface area (Å²) in [7, 11) is 0. The predicted molar refractivity (Wildman–Crippen MR) is 67.5 cm³/mol. The minimum Gasteiger partial charge on any atom is -0.357 e. The van der Waals surface area contributed by atoms with Crippen LogP contribution >= 0.6 is 0 Å². The Morgan fingerprint density at radius 1 is 1.25 bits per heavy atom. The molecule has 0 saturated carbocycles. The molecule has 0 radical (unpaired) electrons. The van der Waals surface area contributed by atoms with Gasteiger partial charge in [-0.2, -0.15) is 0 Å². The van der Waals surface area contributed by atoms with Crippen molar-refractivity contribution in [3.8, 4) is 0 Å². The van der Waals surface area contributed by atoms with Crippen molar-refractivity contribution in [1.82, 2.24) is 4.98 Å². The number of nitrogens with one attached hydrogen (secondary N) is 1. The van der Waals surface area contributed by atoms with Crippen LogP contribution in [-0.2, 0) is 5.41 Å². The van der Waals surface area contributed by atoms with Crippen LogP contribution in [0.25, 0.3) is 10.9 Å². The van der Waals surface area contributed by atoms with Gasteiger partial charge in [0, 0.05) is 22.7 Å². The third-order valence-electron chi connectivity index (χ3n) is 3.48. The van der Waals surface area contributed by atoms with Crippen LogP contribution in [0.5, 0.6) is 0 Å². The predicted octanol–water partition coefficient (Wildman–Crippen LogP) is 3.45. The average molecular weight is 210 g/mol. The Balaban J connectivity index is 2.40. The standard InChI is InChI=1S/C14H14N2/c1-9-14(2,3)11-7-6-10-5-4-8-15-12(10)13(11)16-9/h4-8,16H,1H2,2-3H3. The molecule has 0 bridgehead atoms. The van der Waals surface area contributed by atoms with E-state index in [4.69, 9.17) is 0 Å².